The first-order valence-corrected chi connectivity index (χ1v) is 6.54. The molecule has 96 valence electrons. The quantitative estimate of drug-likeness (QED) is 0.877. The van der Waals surface area contributed by atoms with E-state index in [9.17, 15) is 5.11 Å². The Bertz CT molecular complexity index is 355. The molecule has 0 unspecified atom stereocenters. The number of ether oxygens (including phenoxy) is 1. The monoisotopic (exact) mass is 301 g/mol. The number of methoxy groups -OCH3 is 1. The first-order valence-electron chi connectivity index (χ1n) is 5.75. The topological polar surface area (TPSA) is 32.7 Å². The van der Waals surface area contributed by atoms with Crippen LogP contribution in [0.3, 0.4) is 0 Å². The molecule has 0 fully saturated rings. The second-order valence-corrected chi connectivity index (χ2v) is 5.13. The molecule has 1 N–H and O–H groups in total. The van der Waals surface area contributed by atoms with Gasteiger partial charge in [-0.15, -0.1) is 0 Å². The molecule has 0 heterocycles. The van der Waals surface area contributed by atoms with Gasteiger partial charge in [0.05, 0.1) is 13.2 Å². The highest BCUT2D eigenvalue weighted by molar-refractivity contribution is 9.10. The van der Waals surface area contributed by atoms with E-state index in [0.717, 1.165) is 22.3 Å². The summed E-state index contributed by atoms with van der Waals surface area (Å²) in [4.78, 5) is 2.24. The minimum Gasteiger partial charge on any atom is -0.392 e. The van der Waals surface area contributed by atoms with Gasteiger partial charge >= 0.3 is 0 Å². The summed E-state index contributed by atoms with van der Waals surface area (Å²) in [6.45, 7) is 5.82. The minimum atomic E-state index is 0.0544. The van der Waals surface area contributed by atoms with Crippen molar-refractivity contribution in [3.63, 3.8) is 0 Å². The number of rotatable bonds is 6. The lowest BCUT2D eigenvalue weighted by molar-refractivity contribution is 0.203. The SMILES string of the molecule is COCCN(c1cc(Br)ccc1CO)C(C)C. The van der Waals surface area contributed by atoms with Crippen molar-refractivity contribution in [2.24, 2.45) is 0 Å². The Kier molecular flexibility index (Phi) is 5.95. The van der Waals surface area contributed by atoms with Crippen molar-refractivity contribution >= 4 is 21.6 Å². The van der Waals surface area contributed by atoms with Gasteiger partial charge in [-0.25, -0.2) is 0 Å². The van der Waals surface area contributed by atoms with Gasteiger partial charge in [0, 0.05) is 35.4 Å². The Morgan fingerprint density at radius 1 is 1.41 bits per heavy atom. The fourth-order valence-electron chi connectivity index (χ4n) is 1.78. The summed E-state index contributed by atoms with van der Waals surface area (Å²) < 4.78 is 6.15. The predicted molar refractivity (Wildman–Crippen MR) is 74.4 cm³/mol. The number of anilines is 1. The lowest BCUT2D eigenvalue weighted by atomic mass is 10.1. The average Bonchev–Trinajstić information content (AvgIpc) is 2.29. The van der Waals surface area contributed by atoms with Gasteiger partial charge in [-0.1, -0.05) is 22.0 Å². The predicted octanol–water partition coefficient (Wildman–Crippen LogP) is 2.80. The molecule has 17 heavy (non-hydrogen) atoms. The van der Waals surface area contributed by atoms with Crippen LogP contribution in [0.15, 0.2) is 22.7 Å². The molecular formula is C13H20BrNO2. The third-order valence-electron chi connectivity index (χ3n) is 2.69. The molecule has 1 aromatic carbocycles. The average molecular weight is 302 g/mol. The second kappa shape index (κ2) is 6.99. The highest BCUT2D eigenvalue weighted by Crippen LogP contribution is 2.26. The fourth-order valence-corrected chi connectivity index (χ4v) is 2.13. The van der Waals surface area contributed by atoms with Gasteiger partial charge < -0.3 is 14.7 Å². The molecule has 0 amide bonds. The van der Waals surface area contributed by atoms with Crippen molar-refractivity contribution in [3.8, 4) is 0 Å². The molecule has 0 saturated heterocycles. The van der Waals surface area contributed by atoms with Crippen molar-refractivity contribution in [2.45, 2.75) is 26.5 Å². The van der Waals surface area contributed by atoms with Gasteiger partial charge in [0.15, 0.2) is 0 Å². The maximum Gasteiger partial charge on any atom is 0.0702 e. The zero-order chi connectivity index (χ0) is 12.8. The first kappa shape index (κ1) is 14.5. The Hall–Kier alpha value is -0.580. The third-order valence-corrected chi connectivity index (χ3v) is 3.18. The zero-order valence-corrected chi connectivity index (χ0v) is 12.2. The summed E-state index contributed by atoms with van der Waals surface area (Å²) in [5.74, 6) is 0. The van der Waals surface area contributed by atoms with E-state index in [1.54, 1.807) is 7.11 Å². The summed E-state index contributed by atoms with van der Waals surface area (Å²) >= 11 is 3.47. The molecular weight excluding hydrogens is 282 g/mol. The fraction of sp³-hybridized carbons (Fsp3) is 0.538. The number of aliphatic hydroxyl groups excluding tert-OH is 1. The van der Waals surface area contributed by atoms with Gasteiger partial charge in [-0.2, -0.15) is 0 Å². The second-order valence-electron chi connectivity index (χ2n) is 4.21. The molecule has 1 aromatic rings. The number of nitrogens with zero attached hydrogens (tertiary/aromatic N) is 1. The van der Waals surface area contributed by atoms with Crippen LogP contribution in [-0.4, -0.2) is 31.4 Å². The Morgan fingerprint density at radius 2 is 2.12 bits per heavy atom. The molecule has 0 bridgehead atoms. The van der Waals surface area contributed by atoms with Crippen molar-refractivity contribution in [2.75, 3.05) is 25.2 Å². The van der Waals surface area contributed by atoms with E-state index in [-0.39, 0.29) is 6.61 Å². The molecule has 1 rings (SSSR count). The maximum absolute atomic E-state index is 9.39. The lowest BCUT2D eigenvalue weighted by Gasteiger charge is -2.30. The number of halogens is 1. The summed E-state index contributed by atoms with van der Waals surface area (Å²) in [7, 11) is 1.70. The van der Waals surface area contributed by atoms with Crippen molar-refractivity contribution in [1.29, 1.82) is 0 Å². The normalized spacial score (nSPS) is 10.9. The van der Waals surface area contributed by atoms with E-state index in [4.69, 9.17) is 4.74 Å². The van der Waals surface area contributed by atoms with Gasteiger partial charge in [-0.05, 0) is 26.0 Å². The van der Waals surface area contributed by atoms with Gasteiger partial charge in [0.2, 0.25) is 0 Å². The molecule has 0 aliphatic rings. The summed E-state index contributed by atoms with van der Waals surface area (Å²) in [6, 6.07) is 6.30. The minimum absolute atomic E-state index is 0.0544. The number of aliphatic hydroxyl groups is 1. The number of hydrogen-bond acceptors (Lipinski definition) is 3. The van der Waals surface area contributed by atoms with Gasteiger partial charge in [0.1, 0.15) is 0 Å². The standard InChI is InChI=1S/C13H20BrNO2/c1-10(2)15(6-7-17-3)13-8-12(14)5-4-11(13)9-16/h4-5,8,10,16H,6-7,9H2,1-3H3. The highest BCUT2D eigenvalue weighted by Gasteiger charge is 2.14. The van der Waals surface area contributed by atoms with E-state index in [1.165, 1.54) is 0 Å². The van der Waals surface area contributed by atoms with Crippen LogP contribution in [0.1, 0.15) is 19.4 Å². The summed E-state index contributed by atoms with van der Waals surface area (Å²) in [6.07, 6.45) is 0. The summed E-state index contributed by atoms with van der Waals surface area (Å²) in [5.41, 5.74) is 2.01. The molecule has 0 saturated carbocycles. The van der Waals surface area contributed by atoms with Crippen LogP contribution in [0.2, 0.25) is 0 Å². The Labute approximate surface area is 112 Å². The summed E-state index contributed by atoms with van der Waals surface area (Å²) in [5, 5.41) is 9.39. The smallest absolute Gasteiger partial charge is 0.0702 e. The molecule has 0 radical (unpaired) electrons. The van der Waals surface area contributed by atoms with Crippen LogP contribution < -0.4 is 4.90 Å². The van der Waals surface area contributed by atoms with E-state index >= 15 is 0 Å². The van der Waals surface area contributed by atoms with E-state index in [1.807, 2.05) is 18.2 Å². The molecule has 3 nitrogen and oxygen atoms in total. The van der Waals surface area contributed by atoms with E-state index in [2.05, 4.69) is 34.7 Å². The molecule has 0 spiro atoms. The van der Waals surface area contributed by atoms with Crippen molar-refractivity contribution in [1.82, 2.24) is 0 Å². The van der Waals surface area contributed by atoms with Crippen LogP contribution in [0.4, 0.5) is 5.69 Å². The van der Waals surface area contributed by atoms with Crippen LogP contribution in [0.25, 0.3) is 0 Å². The molecule has 4 heteroatoms. The Morgan fingerprint density at radius 3 is 2.65 bits per heavy atom. The first-order chi connectivity index (χ1) is 8.10. The maximum atomic E-state index is 9.39. The van der Waals surface area contributed by atoms with Crippen molar-refractivity contribution < 1.29 is 9.84 Å². The lowest BCUT2D eigenvalue weighted by Crippen LogP contribution is -2.34. The molecule has 0 aromatic heterocycles. The van der Waals surface area contributed by atoms with Crippen LogP contribution >= 0.6 is 15.9 Å². The van der Waals surface area contributed by atoms with Gasteiger partial charge in [-0.3, -0.25) is 0 Å². The van der Waals surface area contributed by atoms with Crippen molar-refractivity contribution in [3.05, 3.63) is 28.2 Å². The number of hydrogen-bond donors (Lipinski definition) is 1. The molecule has 0 atom stereocenters. The van der Waals surface area contributed by atoms with Crippen LogP contribution in [-0.2, 0) is 11.3 Å². The third kappa shape index (κ3) is 3.98. The van der Waals surface area contributed by atoms with Gasteiger partial charge in [0.25, 0.3) is 0 Å². The van der Waals surface area contributed by atoms with E-state index < -0.39 is 0 Å². The van der Waals surface area contributed by atoms with Crippen LogP contribution in [0.5, 0.6) is 0 Å². The molecule has 0 aliphatic heterocycles. The highest BCUT2D eigenvalue weighted by atomic mass is 79.9. The largest absolute Gasteiger partial charge is 0.392 e. The van der Waals surface area contributed by atoms with E-state index in [0.29, 0.717) is 12.6 Å². The Balaban J connectivity index is 3.02. The molecule has 0 aliphatic carbocycles. The number of benzene rings is 1. The van der Waals surface area contributed by atoms with Crippen LogP contribution in [0, 0.1) is 0 Å². The zero-order valence-electron chi connectivity index (χ0n) is 10.6.